The first-order valence-electron chi connectivity index (χ1n) is 11.9. The minimum absolute atomic E-state index is 0.0862. The zero-order valence-electron chi connectivity index (χ0n) is 21.1. The summed E-state index contributed by atoms with van der Waals surface area (Å²) < 4.78 is 13.4. The quantitative estimate of drug-likeness (QED) is 0.417. The summed E-state index contributed by atoms with van der Waals surface area (Å²) in [6, 6.07) is 15.9. The molecule has 1 aliphatic heterocycles. The topological polar surface area (TPSA) is 91.2 Å². The third-order valence-corrected chi connectivity index (χ3v) is 6.50. The molecule has 1 atom stereocenters. The van der Waals surface area contributed by atoms with Gasteiger partial charge in [-0.15, -0.1) is 0 Å². The van der Waals surface area contributed by atoms with Crippen molar-refractivity contribution >= 4 is 11.7 Å². The molecular weight excluding hydrogens is 454 g/mol. The summed E-state index contributed by atoms with van der Waals surface area (Å²) in [5, 5.41) is 7.70. The summed E-state index contributed by atoms with van der Waals surface area (Å²) in [4.78, 5) is 21.9. The van der Waals surface area contributed by atoms with E-state index in [1.54, 1.807) is 11.8 Å². The molecule has 1 amide bonds. The molecule has 0 saturated heterocycles. The van der Waals surface area contributed by atoms with E-state index in [2.05, 4.69) is 34.3 Å². The van der Waals surface area contributed by atoms with Crippen LogP contribution in [0.5, 0.6) is 11.5 Å². The van der Waals surface area contributed by atoms with Crippen LogP contribution < -0.4 is 14.8 Å². The number of fused-ring (bicyclic) bond motifs is 1. The summed E-state index contributed by atoms with van der Waals surface area (Å²) in [7, 11) is 1.62. The van der Waals surface area contributed by atoms with Gasteiger partial charge in [-0.25, -0.2) is 9.97 Å². The molecule has 4 aromatic rings. The molecule has 2 aromatic carbocycles. The van der Waals surface area contributed by atoms with E-state index in [9.17, 15) is 4.79 Å². The fourth-order valence-corrected chi connectivity index (χ4v) is 4.73. The van der Waals surface area contributed by atoms with Crippen LogP contribution in [-0.2, 0) is 11.4 Å². The fraction of sp³-hybridized carbons (Fsp3) is 0.286. The molecule has 0 aliphatic carbocycles. The van der Waals surface area contributed by atoms with Gasteiger partial charge in [-0.3, -0.25) is 4.79 Å². The lowest BCUT2D eigenvalue weighted by molar-refractivity contribution is -0.116. The maximum Gasteiger partial charge on any atom is 0.252 e. The van der Waals surface area contributed by atoms with Crippen LogP contribution in [0, 0.1) is 27.7 Å². The molecule has 0 radical (unpaired) electrons. The number of anilines is 1. The van der Waals surface area contributed by atoms with Crippen molar-refractivity contribution in [2.24, 2.45) is 0 Å². The highest BCUT2D eigenvalue weighted by Gasteiger charge is 2.33. The van der Waals surface area contributed by atoms with Gasteiger partial charge in [-0.05, 0) is 62.6 Å². The smallest absolute Gasteiger partial charge is 0.252 e. The zero-order valence-corrected chi connectivity index (χ0v) is 21.1. The number of amides is 1. The standard InChI is InChI=1S/C28H29N5O3/c1-16-8-6-7-9-21(16)15-36-23-11-10-20(13-24(23)35-5)22-14-25(34)31-27-26(22)19(4)32-33(27)28-29-17(2)12-18(3)30-28/h6-13,22H,14-15H2,1-5H3,(H,31,34)/t22-/m0/s1. The lowest BCUT2D eigenvalue weighted by atomic mass is 9.85. The van der Waals surface area contributed by atoms with Crippen molar-refractivity contribution in [3.8, 4) is 17.4 Å². The number of aryl methyl sites for hydroxylation is 4. The lowest BCUT2D eigenvalue weighted by Crippen LogP contribution is -2.25. The fourth-order valence-electron chi connectivity index (χ4n) is 4.73. The van der Waals surface area contributed by atoms with E-state index in [1.165, 1.54) is 5.56 Å². The first kappa shape index (κ1) is 23.5. The monoisotopic (exact) mass is 483 g/mol. The molecule has 8 heteroatoms. The Morgan fingerprint density at radius 3 is 2.47 bits per heavy atom. The van der Waals surface area contributed by atoms with Crippen LogP contribution in [0.25, 0.3) is 5.95 Å². The summed E-state index contributed by atoms with van der Waals surface area (Å²) in [5.74, 6) is 2.05. The van der Waals surface area contributed by atoms with E-state index >= 15 is 0 Å². The van der Waals surface area contributed by atoms with Crippen molar-refractivity contribution in [1.82, 2.24) is 19.7 Å². The van der Waals surface area contributed by atoms with E-state index in [4.69, 9.17) is 14.6 Å². The first-order chi connectivity index (χ1) is 17.3. The van der Waals surface area contributed by atoms with Crippen LogP contribution in [0.2, 0.25) is 0 Å². The Kier molecular flexibility index (Phi) is 6.18. The first-order valence-corrected chi connectivity index (χ1v) is 11.9. The maximum absolute atomic E-state index is 12.8. The average molecular weight is 484 g/mol. The van der Waals surface area contributed by atoms with E-state index < -0.39 is 0 Å². The Morgan fingerprint density at radius 1 is 1.00 bits per heavy atom. The van der Waals surface area contributed by atoms with Gasteiger partial charge >= 0.3 is 0 Å². The van der Waals surface area contributed by atoms with E-state index in [0.29, 0.717) is 36.3 Å². The highest BCUT2D eigenvalue weighted by atomic mass is 16.5. The molecule has 8 nitrogen and oxygen atoms in total. The predicted molar refractivity (Wildman–Crippen MR) is 137 cm³/mol. The van der Waals surface area contributed by atoms with Gasteiger partial charge in [0.05, 0.1) is 12.8 Å². The second-order valence-electron chi connectivity index (χ2n) is 9.14. The van der Waals surface area contributed by atoms with E-state index in [0.717, 1.165) is 33.8 Å². The second-order valence-corrected chi connectivity index (χ2v) is 9.14. The van der Waals surface area contributed by atoms with Crippen molar-refractivity contribution in [3.05, 3.63) is 87.9 Å². The number of ether oxygens (including phenoxy) is 2. The number of carbonyl (C=O) groups excluding carboxylic acids is 1. The third kappa shape index (κ3) is 4.42. The van der Waals surface area contributed by atoms with Gasteiger partial charge in [0, 0.05) is 29.3 Å². The summed E-state index contributed by atoms with van der Waals surface area (Å²) in [6.07, 6.45) is 0.305. The number of rotatable bonds is 6. The Morgan fingerprint density at radius 2 is 1.75 bits per heavy atom. The predicted octanol–water partition coefficient (Wildman–Crippen LogP) is 4.96. The average Bonchev–Trinajstić information content (AvgIpc) is 3.18. The maximum atomic E-state index is 12.8. The van der Waals surface area contributed by atoms with Crippen molar-refractivity contribution in [2.75, 3.05) is 12.4 Å². The molecule has 36 heavy (non-hydrogen) atoms. The van der Waals surface area contributed by atoms with E-state index in [1.807, 2.05) is 57.2 Å². The van der Waals surface area contributed by atoms with Gasteiger partial charge in [0.1, 0.15) is 12.4 Å². The number of carbonyl (C=O) groups is 1. The molecule has 0 bridgehead atoms. The van der Waals surface area contributed by atoms with Crippen LogP contribution in [-0.4, -0.2) is 32.8 Å². The molecular formula is C28H29N5O3. The third-order valence-electron chi connectivity index (χ3n) is 6.50. The van der Waals surface area contributed by atoms with Crippen LogP contribution in [0.3, 0.4) is 0 Å². The summed E-state index contributed by atoms with van der Waals surface area (Å²) in [5.41, 5.74) is 6.69. The van der Waals surface area contributed by atoms with Crippen LogP contribution >= 0.6 is 0 Å². The number of benzene rings is 2. The number of nitrogens with zero attached hydrogens (tertiary/aromatic N) is 4. The Balaban J connectivity index is 1.50. The number of aromatic nitrogens is 4. The molecule has 1 aliphatic rings. The van der Waals surface area contributed by atoms with Gasteiger partial charge in [-0.1, -0.05) is 30.3 Å². The van der Waals surface area contributed by atoms with Gasteiger partial charge < -0.3 is 14.8 Å². The van der Waals surface area contributed by atoms with Gasteiger partial charge in [-0.2, -0.15) is 9.78 Å². The van der Waals surface area contributed by atoms with Gasteiger partial charge in [0.2, 0.25) is 5.91 Å². The molecule has 2 aromatic heterocycles. The number of hydrogen-bond acceptors (Lipinski definition) is 6. The number of nitrogens with one attached hydrogen (secondary N) is 1. The Bertz CT molecular complexity index is 1440. The van der Waals surface area contributed by atoms with Crippen molar-refractivity contribution in [2.45, 2.75) is 46.6 Å². The Labute approximate surface area is 210 Å². The number of methoxy groups -OCH3 is 1. The van der Waals surface area contributed by atoms with Crippen LogP contribution in [0.15, 0.2) is 48.5 Å². The van der Waals surface area contributed by atoms with Gasteiger partial charge in [0.25, 0.3) is 5.95 Å². The normalized spacial score (nSPS) is 14.8. The molecule has 0 saturated carbocycles. The van der Waals surface area contributed by atoms with Crippen molar-refractivity contribution in [1.29, 1.82) is 0 Å². The SMILES string of the molecule is COc1cc([C@@H]2CC(=O)Nc3c2c(C)nn3-c2nc(C)cc(C)n2)ccc1OCc1ccccc1C. The van der Waals surface area contributed by atoms with Gasteiger partial charge in [0.15, 0.2) is 11.5 Å². The van der Waals surface area contributed by atoms with Crippen LogP contribution in [0.1, 0.15) is 51.7 Å². The minimum Gasteiger partial charge on any atom is -0.493 e. The Hall–Kier alpha value is -4.20. The van der Waals surface area contributed by atoms with Crippen molar-refractivity contribution in [3.63, 3.8) is 0 Å². The molecule has 184 valence electrons. The molecule has 1 N–H and O–H groups in total. The minimum atomic E-state index is -0.187. The molecule has 0 unspecified atom stereocenters. The van der Waals surface area contributed by atoms with Crippen LogP contribution in [0.4, 0.5) is 5.82 Å². The van der Waals surface area contributed by atoms with Crippen molar-refractivity contribution < 1.29 is 14.3 Å². The van der Waals surface area contributed by atoms with E-state index in [-0.39, 0.29) is 11.8 Å². The second kappa shape index (κ2) is 9.45. The molecule has 3 heterocycles. The number of hydrogen-bond donors (Lipinski definition) is 1. The largest absolute Gasteiger partial charge is 0.493 e. The highest BCUT2D eigenvalue weighted by Crippen LogP contribution is 2.42. The highest BCUT2D eigenvalue weighted by molar-refractivity contribution is 5.95. The summed E-state index contributed by atoms with van der Waals surface area (Å²) >= 11 is 0. The lowest BCUT2D eigenvalue weighted by Gasteiger charge is -2.25. The molecule has 5 rings (SSSR count). The molecule has 0 fully saturated rings. The molecule has 0 spiro atoms. The zero-order chi connectivity index (χ0) is 25.4. The summed E-state index contributed by atoms with van der Waals surface area (Å²) in [6.45, 7) is 8.28.